The van der Waals surface area contributed by atoms with Gasteiger partial charge < -0.3 is 42.6 Å². The van der Waals surface area contributed by atoms with Crippen LogP contribution in [0.15, 0.2) is 36.8 Å². The van der Waals surface area contributed by atoms with Crippen molar-refractivity contribution >= 4 is 42.2 Å². The first kappa shape index (κ1) is 29.1. The first-order valence-electron chi connectivity index (χ1n) is 11.0. The molecule has 0 bridgehead atoms. The van der Waals surface area contributed by atoms with Crippen molar-refractivity contribution in [3.8, 4) is 5.75 Å². The Morgan fingerprint density at radius 2 is 1.51 bits per heavy atom. The summed E-state index contributed by atoms with van der Waals surface area (Å²) in [6.45, 7) is 0. The van der Waals surface area contributed by atoms with Gasteiger partial charge in [0.05, 0.1) is 18.8 Å². The third-order valence-electron chi connectivity index (χ3n) is 5.17. The van der Waals surface area contributed by atoms with E-state index in [0.717, 1.165) is 0 Å². The standard InChI is InChI=1S/C22H29N7O7S/c23-14(9-37)19(32)27-16(6-12-8-25-10-26-12)21(34)28-15(5-11-1-3-13(30)4-2-11)20(33)29-17(22(35)36)7-18(24)31/h1-4,8,10,14-17,30,37H,5-7,9,23H2,(H2,24,31)(H,25,26)(H,27,32)(H,28,34)(H,29,33)(H,35,36). The first-order valence-corrected chi connectivity index (χ1v) is 11.7. The van der Waals surface area contributed by atoms with Gasteiger partial charge in [0.1, 0.15) is 23.9 Å². The van der Waals surface area contributed by atoms with Gasteiger partial charge in [0, 0.05) is 30.5 Å². The number of rotatable bonds is 14. The average Bonchev–Trinajstić information content (AvgIpc) is 3.36. The molecule has 0 aliphatic carbocycles. The van der Waals surface area contributed by atoms with Gasteiger partial charge in [-0.05, 0) is 17.7 Å². The molecule has 4 atom stereocenters. The molecule has 1 aromatic heterocycles. The van der Waals surface area contributed by atoms with Crippen LogP contribution in [0.1, 0.15) is 17.7 Å². The number of amides is 4. The number of carboxylic acids is 1. The van der Waals surface area contributed by atoms with Crippen LogP contribution in [-0.2, 0) is 36.8 Å². The number of aromatic amines is 1. The summed E-state index contributed by atoms with van der Waals surface area (Å²) in [4.78, 5) is 68.1. The van der Waals surface area contributed by atoms with E-state index in [1.54, 1.807) is 0 Å². The minimum absolute atomic E-state index is 0.0204. The Balaban J connectivity index is 2.29. The number of phenolic OH excluding ortho intramolecular Hbond substituents is 1. The van der Waals surface area contributed by atoms with Gasteiger partial charge in [0.15, 0.2) is 0 Å². The highest BCUT2D eigenvalue weighted by molar-refractivity contribution is 7.80. The molecule has 4 amide bonds. The van der Waals surface area contributed by atoms with E-state index >= 15 is 0 Å². The minimum Gasteiger partial charge on any atom is -0.508 e. The molecule has 0 saturated heterocycles. The summed E-state index contributed by atoms with van der Waals surface area (Å²) in [6, 6.07) is 0.630. The van der Waals surface area contributed by atoms with Gasteiger partial charge in [-0.15, -0.1) is 0 Å². The van der Waals surface area contributed by atoms with Crippen molar-refractivity contribution in [1.82, 2.24) is 25.9 Å². The van der Waals surface area contributed by atoms with Crippen LogP contribution in [0.25, 0.3) is 0 Å². The molecule has 0 radical (unpaired) electrons. The summed E-state index contributed by atoms with van der Waals surface area (Å²) >= 11 is 3.98. The number of carbonyl (C=O) groups is 5. The molecule has 0 fully saturated rings. The maximum Gasteiger partial charge on any atom is 0.326 e. The van der Waals surface area contributed by atoms with Crippen molar-refractivity contribution in [2.45, 2.75) is 43.4 Å². The summed E-state index contributed by atoms with van der Waals surface area (Å²) in [6.07, 6.45) is 2.04. The molecule has 4 unspecified atom stereocenters. The Labute approximate surface area is 217 Å². The third-order valence-corrected chi connectivity index (χ3v) is 5.57. The highest BCUT2D eigenvalue weighted by Crippen LogP contribution is 2.12. The van der Waals surface area contributed by atoms with Gasteiger partial charge >= 0.3 is 5.97 Å². The number of benzene rings is 1. The lowest BCUT2D eigenvalue weighted by atomic mass is 10.0. The number of aromatic nitrogens is 2. The topological polar surface area (TPSA) is 243 Å². The largest absolute Gasteiger partial charge is 0.508 e. The van der Waals surface area contributed by atoms with Crippen LogP contribution < -0.4 is 27.4 Å². The fraction of sp³-hybridized carbons (Fsp3) is 0.364. The molecule has 0 aliphatic rings. The van der Waals surface area contributed by atoms with Crippen molar-refractivity contribution in [1.29, 1.82) is 0 Å². The fourth-order valence-electron chi connectivity index (χ4n) is 3.21. The van der Waals surface area contributed by atoms with Gasteiger partial charge in [0.25, 0.3) is 0 Å². The third kappa shape index (κ3) is 9.46. The average molecular weight is 536 g/mol. The SMILES string of the molecule is NC(=O)CC(NC(=O)C(Cc1ccc(O)cc1)NC(=O)C(Cc1cnc[nH]1)NC(=O)C(N)CS)C(=O)O. The maximum absolute atomic E-state index is 13.2. The molecule has 1 aromatic carbocycles. The van der Waals surface area contributed by atoms with Crippen molar-refractivity contribution < 1.29 is 34.2 Å². The number of phenols is 1. The monoisotopic (exact) mass is 535 g/mol. The number of H-pyrrole nitrogens is 1. The molecule has 37 heavy (non-hydrogen) atoms. The van der Waals surface area contributed by atoms with Crippen molar-refractivity contribution in [2.24, 2.45) is 11.5 Å². The Kier molecular flexibility index (Phi) is 10.9. The number of carboxylic acid groups (broad SMARTS) is 1. The molecule has 14 nitrogen and oxygen atoms in total. The summed E-state index contributed by atoms with van der Waals surface area (Å²) in [5, 5.41) is 26.1. The van der Waals surface area contributed by atoms with Crippen LogP contribution in [0.2, 0.25) is 0 Å². The molecule has 1 heterocycles. The molecule has 0 saturated carbocycles. The number of nitrogens with zero attached hydrogens (tertiary/aromatic N) is 1. The summed E-state index contributed by atoms with van der Waals surface area (Å²) in [5.41, 5.74) is 11.8. The normalized spacial score (nSPS) is 14.0. The summed E-state index contributed by atoms with van der Waals surface area (Å²) < 4.78 is 0. The van der Waals surface area contributed by atoms with Gasteiger partial charge in [-0.2, -0.15) is 12.6 Å². The number of hydrogen-bond acceptors (Lipinski definition) is 9. The lowest BCUT2D eigenvalue weighted by Crippen LogP contribution is -2.58. The van der Waals surface area contributed by atoms with E-state index in [2.05, 4.69) is 38.5 Å². The smallest absolute Gasteiger partial charge is 0.326 e. The van der Waals surface area contributed by atoms with E-state index in [9.17, 15) is 34.2 Å². The second-order valence-electron chi connectivity index (χ2n) is 8.13. The first-order chi connectivity index (χ1) is 17.5. The summed E-state index contributed by atoms with van der Waals surface area (Å²) in [7, 11) is 0. The van der Waals surface area contributed by atoms with Crippen LogP contribution in [0.3, 0.4) is 0 Å². The van der Waals surface area contributed by atoms with E-state index in [4.69, 9.17) is 11.5 Å². The van der Waals surface area contributed by atoms with Gasteiger partial charge in [-0.1, -0.05) is 12.1 Å². The molecular formula is C22H29N7O7S. The molecule has 2 aromatic rings. The number of carbonyl (C=O) groups excluding carboxylic acids is 4. The Bertz CT molecular complexity index is 1100. The number of thiol groups is 1. The zero-order valence-corrected chi connectivity index (χ0v) is 20.5. The van der Waals surface area contributed by atoms with E-state index < -0.39 is 60.2 Å². The van der Waals surface area contributed by atoms with Crippen LogP contribution >= 0.6 is 12.6 Å². The molecular weight excluding hydrogens is 506 g/mol. The molecule has 15 heteroatoms. The van der Waals surface area contributed by atoms with Crippen molar-refractivity contribution in [3.05, 3.63) is 48.0 Å². The Morgan fingerprint density at radius 3 is 2.03 bits per heavy atom. The molecule has 0 aliphatic heterocycles. The van der Waals surface area contributed by atoms with Crippen LogP contribution in [-0.4, -0.2) is 79.7 Å². The lowest BCUT2D eigenvalue weighted by molar-refractivity contribution is -0.143. The van der Waals surface area contributed by atoms with Crippen molar-refractivity contribution in [3.63, 3.8) is 0 Å². The second kappa shape index (κ2) is 13.8. The molecule has 200 valence electrons. The quantitative estimate of drug-likeness (QED) is 0.117. The number of nitrogens with one attached hydrogen (secondary N) is 4. The van der Waals surface area contributed by atoms with Gasteiger partial charge in [-0.3, -0.25) is 19.2 Å². The molecule has 10 N–H and O–H groups in total. The van der Waals surface area contributed by atoms with Gasteiger partial charge in [-0.25, -0.2) is 9.78 Å². The fourth-order valence-corrected chi connectivity index (χ4v) is 3.38. The predicted octanol–water partition coefficient (Wildman–Crippen LogP) is -2.43. The van der Waals surface area contributed by atoms with Crippen LogP contribution in [0.4, 0.5) is 0 Å². The Morgan fingerprint density at radius 1 is 0.946 bits per heavy atom. The van der Waals surface area contributed by atoms with Crippen LogP contribution in [0, 0.1) is 0 Å². The van der Waals surface area contributed by atoms with Crippen molar-refractivity contribution in [2.75, 3.05) is 5.75 Å². The zero-order valence-electron chi connectivity index (χ0n) is 19.6. The highest BCUT2D eigenvalue weighted by Gasteiger charge is 2.31. The minimum atomic E-state index is -1.63. The van der Waals surface area contributed by atoms with E-state index in [0.29, 0.717) is 11.3 Å². The maximum atomic E-state index is 13.2. The second-order valence-corrected chi connectivity index (χ2v) is 8.50. The van der Waals surface area contributed by atoms with Crippen LogP contribution in [0.5, 0.6) is 5.75 Å². The Hall–Kier alpha value is -4.11. The number of nitrogens with two attached hydrogens (primary N) is 2. The number of hydrogen-bond donors (Lipinski definition) is 9. The van der Waals surface area contributed by atoms with E-state index in [1.807, 2.05) is 0 Å². The predicted molar refractivity (Wildman–Crippen MR) is 133 cm³/mol. The van der Waals surface area contributed by atoms with Gasteiger partial charge in [0.2, 0.25) is 23.6 Å². The van der Waals surface area contributed by atoms with E-state index in [1.165, 1.54) is 36.8 Å². The molecule has 0 spiro atoms. The number of aliphatic carboxylic acids is 1. The summed E-state index contributed by atoms with van der Waals surface area (Å²) in [5.74, 6) is -4.77. The van der Waals surface area contributed by atoms with E-state index in [-0.39, 0.29) is 24.3 Å². The lowest BCUT2D eigenvalue weighted by Gasteiger charge is -2.25. The number of imidazole rings is 1. The number of primary amides is 1. The highest BCUT2D eigenvalue weighted by atomic mass is 32.1. The number of aromatic hydroxyl groups is 1. The zero-order chi connectivity index (χ0) is 27.5. The molecule has 2 rings (SSSR count).